The van der Waals surface area contributed by atoms with Gasteiger partial charge >= 0.3 is 0 Å². The van der Waals surface area contributed by atoms with E-state index in [0.717, 1.165) is 25.7 Å². The lowest BCUT2D eigenvalue weighted by Gasteiger charge is -2.22. The van der Waals surface area contributed by atoms with Crippen LogP contribution in [0.1, 0.15) is 32.1 Å². The second-order valence-electron chi connectivity index (χ2n) is 5.74. The standard InChI is InChI=1S/C16H24N2O5S/c1-22-13-8-9-15(14(10-13)23-2)24(20,21)17-11-16(19)18-12-6-4-3-5-7-12/h8-10,12,17H,3-7,11H2,1-2H3,(H,18,19). The summed E-state index contributed by atoms with van der Waals surface area (Å²) < 4.78 is 37.3. The Balaban J connectivity index is 1.99. The number of carbonyl (C=O) groups is 1. The third kappa shape index (κ3) is 4.85. The Labute approximate surface area is 142 Å². The van der Waals surface area contributed by atoms with Gasteiger partial charge in [-0.15, -0.1) is 0 Å². The smallest absolute Gasteiger partial charge is 0.244 e. The van der Waals surface area contributed by atoms with Crippen molar-refractivity contribution < 1.29 is 22.7 Å². The average Bonchev–Trinajstić information content (AvgIpc) is 2.60. The summed E-state index contributed by atoms with van der Waals surface area (Å²) in [4.78, 5) is 11.9. The van der Waals surface area contributed by atoms with E-state index in [4.69, 9.17) is 9.47 Å². The monoisotopic (exact) mass is 356 g/mol. The van der Waals surface area contributed by atoms with Crippen LogP contribution in [-0.4, -0.2) is 41.1 Å². The van der Waals surface area contributed by atoms with Crippen LogP contribution in [0.2, 0.25) is 0 Å². The molecule has 1 aliphatic carbocycles. The van der Waals surface area contributed by atoms with Crippen LogP contribution >= 0.6 is 0 Å². The molecule has 0 spiro atoms. The third-order valence-corrected chi connectivity index (χ3v) is 5.49. The van der Waals surface area contributed by atoms with E-state index in [1.54, 1.807) is 0 Å². The molecule has 1 aromatic rings. The van der Waals surface area contributed by atoms with Gasteiger partial charge in [0, 0.05) is 12.1 Å². The Hall–Kier alpha value is -1.80. The molecule has 0 bridgehead atoms. The van der Waals surface area contributed by atoms with Gasteiger partial charge in [0.2, 0.25) is 15.9 Å². The number of hydrogen-bond donors (Lipinski definition) is 2. The highest BCUT2D eigenvalue weighted by atomic mass is 32.2. The minimum atomic E-state index is -3.86. The number of carbonyl (C=O) groups excluding carboxylic acids is 1. The molecule has 0 unspecified atom stereocenters. The van der Waals surface area contributed by atoms with E-state index >= 15 is 0 Å². The molecule has 1 amide bonds. The molecule has 7 nitrogen and oxygen atoms in total. The summed E-state index contributed by atoms with van der Waals surface area (Å²) >= 11 is 0. The van der Waals surface area contributed by atoms with Gasteiger partial charge in [-0.05, 0) is 25.0 Å². The van der Waals surface area contributed by atoms with E-state index < -0.39 is 10.0 Å². The number of methoxy groups -OCH3 is 2. The molecule has 0 saturated heterocycles. The zero-order valence-electron chi connectivity index (χ0n) is 14.0. The Morgan fingerprint density at radius 1 is 1.17 bits per heavy atom. The van der Waals surface area contributed by atoms with Gasteiger partial charge < -0.3 is 14.8 Å². The van der Waals surface area contributed by atoms with Crippen LogP contribution in [0.3, 0.4) is 0 Å². The normalized spacial score (nSPS) is 15.8. The van der Waals surface area contributed by atoms with Crippen LogP contribution in [0.5, 0.6) is 11.5 Å². The largest absolute Gasteiger partial charge is 0.497 e. The highest BCUT2D eigenvalue weighted by Gasteiger charge is 2.22. The van der Waals surface area contributed by atoms with Crippen LogP contribution < -0.4 is 19.5 Å². The number of rotatable bonds is 7. The van der Waals surface area contributed by atoms with Gasteiger partial charge in [0.05, 0.1) is 20.8 Å². The van der Waals surface area contributed by atoms with Crippen LogP contribution in [0.4, 0.5) is 0 Å². The maximum atomic E-state index is 12.4. The van der Waals surface area contributed by atoms with E-state index in [2.05, 4.69) is 10.0 Å². The van der Waals surface area contributed by atoms with Gasteiger partial charge in [0.25, 0.3) is 0 Å². The van der Waals surface area contributed by atoms with Crippen molar-refractivity contribution in [1.29, 1.82) is 0 Å². The van der Waals surface area contributed by atoms with Crippen LogP contribution in [0.15, 0.2) is 23.1 Å². The molecule has 1 aliphatic rings. The first-order valence-corrected chi connectivity index (χ1v) is 9.45. The van der Waals surface area contributed by atoms with Crippen molar-refractivity contribution in [3.8, 4) is 11.5 Å². The first kappa shape index (κ1) is 18.5. The van der Waals surface area contributed by atoms with Gasteiger partial charge in [-0.25, -0.2) is 13.1 Å². The van der Waals surface area contributed by atoms with Gasteiger partial charge in [-0.3, -0.25) is 4.79 Å². The Morgan fingerprint density at radius 2 is 1.88 bits per heavy atom. The zero-order chi connectivity index (χ0) is 17.6. The number of nitrogens with one attached hydrogen (secondary N) is 2. The molecular weight excluding hydrogens is 332 g/mol. The van der Waals surface area contributed by atoms with Crippen LogP contribution in [0, 0.1) is 0 Å². The number of amides is 1. The molecule has 1 aromatic carbocycles. The summed E-state index contributed by atoms with van der Waals surface area (Å²) in [5, 5.41) is 2.87. The zero-order valence-corrected chi connectivity index (χ0v) is 14.8. The fourth-order valence-electron chi connectivity index (χ4n) is 2.76. The summed E-state index contributed by atoms with van der Waals surface area (Å²) in [6.07, 6.45) is 5.28. The molecule has 0 aromatic heterocycles. The van der Waals surface area contributed by atoms with Gasteiger partial charge in [-0.2, -0.15) is 0 Å². The summed E-state index contributed by atoms with van der Waals surface area (Å²) in [7, 11) is -0.994. The van der Waals surface area contributed by atoms with Crippen molar-refractivity contribution in [2.75, 3.05) is 20.8 Å². The maximum absolute atomic E-state index is 12.4. The average molecular weight is 356 g/mol. The van der Waals surface area contributed by atoms with Crippen molar-refractivity contribution >= 4 is 15.9 Å². The second-order valence-corrected chi connectivity index (χ2v) is 7.48. The summed E-state index contributed by atoms with van der Waals surface area (Å²) in [6.45, 7) is -0.298. The lowest BCUT2D eigenvalue weighted by atomic mass is 9.95. The molecule has 0 atom stereocenters. The van der Waals surface area contributed by atoms with E-state index in [0.29, 0.717) is 5.75 Å². The van der Waals surface area contributed by atoms with Crippen molar-refractivity contribution in [1.82, 2.24) is 10.0 Å². The fourth-order valence-corrected chi connectivity index (χ4v) is 3.89. The van der Waals surface area contributed by atoms with E-state index in [-0.39, 0.29) is 29.1 Å². The third-order valence-electron chi connectivity index (χ3n) is 4.05. The topological polar surface area (TPSA) is 93.7 Å². The fraction of sp³-hybridized carbons (Fsp3) is 0.562. The Bertz CT molecular complexity index is 669. The molecule has 24 heavy (non-hydrogen) atoms. The Kier molecular flexibility index (Phi) is 6.44. The summed E-state index contributed by atoms with van der Waals surface area (Å²) in [5.74, 6) is 0.327. The van der Waals surface area contributed by atoms with E-state index in [1.807, 2.05) is 0 Å². The molecule has 2 N–H and O–H groups in total. The number of sulfonamides is 1. The van der Waals surface area contributed by atoms with Gasteiger partial charge in [0.15, 0.2) is 0 Å². The minimum Gasteiger partial charge on any atom is -0.497 e. The number of benzene rings is 1. The van der Waals surface area contributed by atoms with Gasteiger partial charge in [0.1, 0.15) is 16.4 Å². The van der Waals surface area contributed by atoms with Crippen LogP contribution in [0.25, 0.3) is 0 Å². The number of ether oxygens (including phenoxy) is 2. The Morgan fingerprint density at radius 3 is 2.50 bits per heavy atom. The molecular formula is C16H24N2O5S. The lowest BCUT2D eigenvalue weighted by Crippen LogP contribution is -2.42. The molecule has 1 fully saturated rings. The lowest BCUT2D eigenvalue weighted by molar-refractivity contribution is -0.120. The van der Waals surface area contributed by atoms with E-state index in [1.165, 1.54) is 38.8 Å². The number of hydrogen-bond acceptors (Lipinski definition) is 5. The summed E-state index contributed by atoms with van der Waals surface area (Å²) in [5.41, 5.74) is 0. The van der Waals surface area contributed by atoms with Crippen molar-refractivity contribution in [2.24, 2.45) is 0 Å². The first-order valence-electron chi connectivity index (χ1n) is 7.97. The SMILES string of the molecule is COc1ccc(S(=O)(=O)NCC(=O)NC2CCCCC2)c(OC)c1. The first-order chi connectivity index (χ1) is 11.5. The van der Waals surface area contributed by atoms with Gasteiger partial charge in [-0.1, -0.05) is 19.3 Å². The predicted octanol–water partition coefficient (Wildman–Crippen LogP) is 1.43. The van der Waals surface area contributed by atoms with Crippen molar-refractivity contribution in [3.63, 3.8) is 0 Å². The molecule has 0 heterocycles. The highest BCUT2D eigenvalue weighted by molar-refractivity contribution is 7.89. The molecule has 134 valence electrons. The van der Waals surface area contributed by atoms with E-state index in [9.17, 15) is 13.2 Å². The molecule has 2 rings (SSSR count). The molecule has 0 aliphatic heterocycles. The second kappa shape index (κ2) is 8.34. The van der Waals surface area contributed by atoms with Crippen molar-refractivity contribution in [2.45, 2.75) is 43.0 Å². The van der Waals surface area contributed by atoms with Crippen molar-refractivity contribution in [3.05, 3.63) is 18.2 Å². The predicted molar refractivity (Wildman–Crippen MR) is 89.8 cm³/mol. The molecule has 0 radical (unpaired) electrons. The minimum absolute atomic E-state index is 0.0312. The molecule has 1 saturated carbocycles. The van der Waals surface area contributed by atoms with Crippen LogP contribution in [-0.2, 0) is 14.8 Å². The maximum Gasteiger partial charge on any atom is 0.244 e. The quantitative estimate of drug-likeness (QED) is 0.771. The highest BCUT2D eigenvalue weighted by Crippen LogP contribution is 2.28. The summed E-state index contributed by atoms with van der Waals surface area (Å²) in [6, 6.07) is 4.54. The molecule has 8 heteroatoms.